The van der Waals surface area contributed by atoms with Gasteiger partial charge < -0.3 is 20.3 Å². The van der Waals surface area contributed by atoms with Crippen LogP contribution in [-0.4, -0.2) is 62.2 Å². The zero-order valence-corrected chi connectivity index (χ0v) is 17.8. The van der Waals surface area contributed by atoms with E-state index in [0.29, 0.717) is 12.1 Å². The molecule has 156 valence electrons. The molecular weight excluding hydrogens is 352 g/mol. The Bertz CT molecular complexity index is 608. The van der Waals surface area contributed by atoms with E-state index in [4.69, 9.17) is 4.74 Å². The molecule has 0 heterocycles. The summed E-state index contributed by atoms with van der Waals surface area (Å²) in [7, 11) is 3.51. The van der Waals surface area contributed by atoms with Crippen molar-refractivity contribution in [3.05, 3.63) is 35.9 Å². The number of hydrogen-bond donors (Lipinski definition) is 2. The molecule has 1 aromatic rings. The number of amides is 1. The summed E-state index contributed by atoms with van der Waals surface area (Å²) in [6, 6.07) is 10.7. The lowest BCUT2D eigenvalue weighted by Gasteiger charge is -2.31. The van der Waals surface area contributed by atoms with Gasteiger partial charge in [-0.15, -0.1) is 0 Å². The molecule has 1 fully saturated rings. The highest BCUT2D eigenvalue weighted by Gasteiger charge is 2.23. The third-order valence-electron chi connectivity index (χ3n) is 4.90. The number of rotatable bonds is 8. The van der Waals surface area contributed by atoms with Gasteiger partial charge >= 0.3 is 0 Å². The highest BCUT2D eigenvalue weighted by Crippen LogP contribution is 2.22. The monoisotopic (exact) mass is 388 g/mol. The Balaban J connectivity index is 1.87. The average Bonchev–Trinajstić information content (AvgIpc) is 2.67. The normalized spacial score (nSPS) is 20.1. The summed E-state index contributed by atoms with van der Waals surface area (Å²) in [5.74, 6) is 0.720. The van der Waals surface area contributed by atoms with Gasteiger partial charge in [-0.25, -0.2) is 4.99 Å². The minimum Gasteiger partial charge on any atom is -0.376 e. The van der Waals surface area contributed by atoms with Gasteiger partial charge in [-0.1, -0.05) is 30.3 Å². The van der Waals surface area contributed by atoms with Crippen LogP contribution in [0.15, 0.2) is 35.3 Å². The second-order valence-corrected chi connectivity index (χ2v) is 7.92. The van der Waals surface area contributed by atoms with E-state index in [0.717, 1.165) is 44.6 Å². The van der Waals surface area contributed by atoms with Crippen LogP contribution in [0.3, 0.4) is 0 Å². The van der Waals surface area contributed by atoms with Gasteiger partial charge in [-0.3, -0.25) is 4.79 Å². The van der Waals surface area contributed by atoms with Crippen LogP contribution in [0.2, 0.25) is 0 Å². The van der Waals surface area contributed by atoms with Crippen molar-refractivity contribution in [3.8, 4) is 0 Å². The standard InChI is InChI=1S/C22H36N4O2/c1-17(2)28-20-12-10-19(11-13-20)25-22(24-16-21(27)26(3)4)23-15-14-18-8-6-5-7-9-18/h5-9,17,19-20H,10-16H2,1-4H3,(H2,23,24,25). The van der Waals surface area contributed by atoms with Crippen molar-refractivity contribution in [2.24, 2.45) is 4.99 Å². The quantitative estimate of drug-likeness (QED) is 0.531. The Kier molecular flexibility index (Phi) is 9.28. The lowest BCUT2D eigenvalue weighted by Crippen LogP contribution is -2.46. The number of likely N-dealkylation sites (N-methyl/N-ethyl adjacent to an activating group) is 1. The van der Waals surface area contributed by atoms with Crippen LogP contribution in [0.25, 0.3) is 0 Å². The van der Waals surface area contributed by atoms with Gasteiger partial charge in [0.25, 0.3) is 0 Å². The Labute approximate surface area is 169 Å². The highest BCUT2D eigenvalue weighted by molar-refractivity contribution is 5.84. The fraction of sp³-hybridized carbons (Fsp3) is 0.636. The maximum absolute atomic E-state index is 11.9. The summed E-state index contributed by atoms with van der Waals surface area (Å²) in [5, 5.41) is 6.91. The van der Waals surface area contributed by atoms with Crippen molar-refractivity contribution >= 4 is 11.9 Å². The Morgan fingerprint density at radius 2 is 1.86 bits per heavy atom. The summed E-state index contributed by atoms with van der Waals surface area (Å²) >= 11 is 0. The molecule has 0 bridgehead atoms. The van der Waals surface area contributed by atoms with Crippen LogP contribution in [0.5, 0.6) is 0 Å². The number of guanidine groups is 1. The summed E-state index contributed by atoms with van der Waals surface area (Å²) in [6.07, 6.45) is 5.78. The van der Waals surface area contributed by atoms with E-state index in [2.05, 4.69) is 53.7 Å². The molecule has 0 spiro atoms. The van der Waals surface area contributed by atoms with Crippen LogP contribution in [0.4, 0.5) is 0 Å². The molecule has 0 aliphatic heterocycles. The van der Waals surface area contributed by atoms with E-state index in [1.54, 1.807) is 19.0 Å². The molecule has 1 saturated carbocycles. The van der Waals surface area contributed by atoms with E-state index >= 15 is 0 Å². The molecule has 2 rings (SSSR count). The summed E-state index contributed by atoms with van der Waals surface area (Å²) < 4.78 is 5.94. The SMILES string of the molecule is CC(C)OC1CCC(NC(=NCC(=O)N(C)C)NCCc2ccccc2)CC1. The molecule has 0 unspecified atom stereocenters. The van der Waals surface area contributed by atoms with E-state index in [1.165, 1.54) is 5.56 Å². The lowest BCUT2D eigenvalue weighted by molar-refractivity contribution is -0.127. The van der Waals surface area contributed by atoms with Crippen molar-refractivity contribution in [3.63, 3.8) is 0 Å². The minimum atomic E-state index is -0.00167. The number of ether oxygens (including phenoxy) is 1. The van der Waals surface area contributed by atoms with Crippen molar-refractivity contribution in [1.82, 2.24) is 15.5 Å². The molecule has 28 heavy (non-hydrogen) atoms. The van der Waals surface area contributed by atoms with Gasteiger partial charge in [0.1, 0.15) is 6.54 Å². The van der Waals surface area contributed by atoms with Gasteiger partial charge in [0.15, 0.2) is 5.96 Å². The average molecular weight is 389 g/mol. The molecule has 0 saturated heterocycles. The fourth-order valence-corrected chi connectivity index (χ4v) is 3.33. The number of carbonyl (C=O) groups is 1. The molecule has 0 radical (unpaired) electrons. The smallest absolute Gasteiger partial charge is 0.243 e. The van der Waals surface area contributed by atoms with Crippen molar-refractivity contribution < 1.29 is 9.53 Å². The summed E-state index contributed by atoms with van der Waals surface area (Å²) in [4.78, 5) is 18.0. The molecule has 6 nitrogen and oxygen atoms in total. The van der Waals surface area contributed by atoms with Gasteiger partial charge in [0.2, 0.25) is 5.91 Å². The second-order valence-electron chi connectivity index (χ2n) is 7.92. The molecule has 6 heteroatoms. The number of nitrogens with one attached hydrogen (secondary N) is 2. The first kappa shape index (κ1) is 22.2. The van der Waals surface area contributed by atoms with Crippen LogP contribution in [0.1, 0.15) is 45.1 Å². The van der Waals surface area contributed by atoms with Gasteiger partial charge in [0.05, 0.1) is 12.2 Å². The third kappa shape index (κ3) is 8.30. The zero-order valence-electron chi connectivity index (χ0n) is 17.8. The van der Waals surface area contributed by atoms with Crippen LogP contribution < -0.4 is 10.6 Å². The van der Waals surface area contributed by atoms with Crippen LogP contribution in [-0.2, 0) is 16.0 Å². The zero-order chi connectivity index (χ0) is 20.4. The first-order valence-electron chi connectivity index (χ1n) is 10.4. The molecule has 0 aromatic heterocycles. The first-order valence-corrected chi connectivity index (χ1v) is 10.4. The Hall–Kier alpha value is -2.08. The second kappa shape index (κ2) is 11.7. The molecule has 1 amide bonds. The maximum atomic E-state index is 11.9. The number of hydrogen-bond acceptors (Lipinski definition) is 3. The summed E-state index contributed by atoms with van der Waals surface area (Å²) in [6.45, 7) is 5.11. The van der Waals surface area contributed by atoms with Crippen molar-refractivity contribution in [2.45, 2.75) is 64.2 Å². The lowest BCUT2D eigenvalue weighted by atomic mass is 9.93. The van der Waals surface area contributed by atoms with Gasteiger partial charge in [-0.2, -0.15) is 0 Å². The molecular formula is C22H36N4O2. The number of carbonyl (C=O) groups excluding carboxylic acids is 1. The summed E-state index contributed by atoms with van der Waals surface area (Å²) in [5.41, 5.74) is 1.28. The molecule has 1 aliphatic rings. The van der Waals surface area contributed by atoms with Crippen LogP contribution >= 0.6 is 0 Å². The van der Waals surface area contributed by atoms with Gasteiger partial charge in [-0.05, 0) is 51.5 Å². The number of benzene rings is 1. The first-order chi connectivity index (χ1) is 13.4. The molecule has 0 atom stereocenters. The molecule has 1 aromatic carbocycles. The van der Waals surface area contributed by atoms with E-state index in [1.807, 2.05) is 6.07 Å². The molecule has 2 N–H and O–H groups in total. The third-order valence-corrected chi connectivity index (χ3v) is 4.90. The van der Waals surface area contributed by atoms with E-state index in [9.17, 15) is 4.79 Å². The fourth-order valence-electron chi connectivity index (χ4n) is 3.33. The Morgan fingerprint density at radius 3 is 2.46 bits per heavy atom. The Morgan fingerprint density at radius 1 is 1.18 bits per heavy atom. The predicted octanol–water partition coefficient (Wildman–Crippen LogP) is 2.59. The topological polar surface area (TPSA) is 66.0 Å². The number of aliphatic imine (C=N–C) groups is 1. The number of nitrogens with zero attached hydrogens (tertiary/aromatic N) is 2. The van der Waals surface area contributed by atoms with Gasteiger partial charge in [0, 0.05) is 26.7 Å². The highest BCUT2D eigenvalue weighted by atomic mass is 16.5. The van der Waals surface area contributed by atoms with Crippen molar-refractivity contribution in [1.29, 1.82) is 0 Å². The predicted molar refractivity (Wildman–Crippen MR) is 115 cm³/mol. The largest absolute Gasteiger partial charge is 0.376 e. The molecule has 1 aliphatic carbocycles. The van der Waals surface area contributed by atoms with E-state index in [-0.39, 0.29) is 18.6 Å². The van der Waals surface area contributed by atoms with Crippen LogP contribution in [0, 0.1) is 0 Å². The van der Waals surface area contributed by atoms with E-state index < -0.39 is 0 Å². The minimum absolute atomic E-state index is 0.00167. The van der Waals surface area contributed by atoms with Crippen molar-refractivity contribution in [2.75, 3.05) is 27.2 Å². The maximum Gasteiger partial charge on any atom is 0.243 e.